The predicted octanol–water partition coefficient (Wildman–Crippen LogP) is 3.11. The molecule has 0 spiro atoms. The summed E-state index contributed by atoms with van der Waals surface area (Å²) >= 11 is 0. The Hall–Kier alpha value is -2.43. The first-order chi connectivity index (χ1) is 10.8. The van der Waals surface area contributed by atoms with Crippen molar-refractivity contribution in [1.29, 1.82) is 0 Å². The molecule has 1 amide bonds. The molecule has 2 aromatic rings. The van der Waals surface area contributed by atoms with Crippen molar-refractivity contribution in [2.75, 3.05) is 23.3 Å². The van der Waals surface area contributed by atoms with Crippen LogP contribution in [-0.2, 0) is 0 Å². The number of nitrogens with zero attached hydrogens (tertiary/aromatic N) is 3. The first kappa shape index (κ1) is 14.5. The first-order valence-corrected chi connectivity index (χ1v) is 7.76. The minimum absolute atomic E-state index is 0.152. The molecule has 5 nitrogen and oxygen atoms in total. The van der Waals surface area contributed by atoms with Crippen molar-refractivity contribution in [3.63, 3.8) is 0 Å². The second-order valence-electron chi connectivity index (χ2n) is 5.48. The zero-order valence-electron chi connectivity index (χ0n) is 12.5. The number of amides is 1. The van der Waals surface area contributed by atoms with Crippen LogP contribution in [-0.4, -0.2) is 29.0 Å². The van der Waals surface area contributed by atoms with Crippen LogP contribution in [0.1, 0.15) is 36.0 Å². The Kier molecular flexibility index (Phi) is 4.63. The maximum absolute atomic E-state index is 12.2. The van der Waals surface area contributed by atoms with Crippen molar-refractivity contribution >= 4 is 17.5 Å². The molecule has 3 rings (SSSR count). The molecular formula is C17H20N4O. The standard InChI is InChI=1S/C17H20N4O/c22-17(14-8-4-3-5-9-14)20-15-12-16(19-13-18-15)21-10-6-1-2-7-11-21/h3-5,8-9,12-13H,1-2,6-7,10-11H2,(H,18,19,20,22). The van der Waals surface area contributed by atoms with E-state index in [9.17, 15) is 4.79 Å². The van der Waals surface area contributed by atoms with Crippen molar-refractivity contribution in [2.45, 2.75) is 25.7 Å². The molecule has 1 aromatic carbocycles. The molecule has 1 aliphatic heterocycles. The van der Waals surface area contributed by atoms with E-state index in [1.807, 2.05) is 24.3 Å². The average molecular weight is 296 g/mol. The van der Waals surface area contributed by atoms with E-state index < -0.39 is 0 Å². The normalized spacial score (nSPS) is 15.2. The van der Waals surface area contributed by atoms with Crippen LogP contribution in [0.4, 0.5) is 11.6 Å². The summed E-state index contributed by atoms with van der Waals surface area (Å²) in [5, 5.41) is 2.84. The molecule has 22 heavy (non-hydrogen) atoms. The molecular weight excluding hydrogens is 276 g/mol. The maximum atomic E-state index is 12.2. The molecule has 1 N–H and O–H groups in total. The first-order valence-electron chi connectivity index (χ1n) is 7.76. The predicted molar refractivity (Wildman–Crippen MR) is 87.1 cm³/mol. The van der Waals surface area contributed by atoms with Gasteiger partial charge in [-0.05, 0) is 25.0 Å². The van der Waals surface area contributed by atoms with Crippen LogP contribution < -0.4 is 10.2 Å². The van der Waals surface area contributed by atoms with Crippen LogP contribution in [0.25, 0.3) is 0 Å². The molecule has 1 saturated heterocycles. The molecule has 0 atom stereocenters. The van der Waals surface area contributed by atoms with Gasteiger partial charge in [0.15, 0.2) is 0 Å². The summed E-state index contributed by atoms with van der Waals surface area (Å²) in [5.41, 5.74) is 0.623. The van der Waals surface area contributed by atoms with E-state index in [2.05, 4.69) is 20.2 Å². The van der Waals surface area contributed by atoms with Crippen LogP contribution in [0, 0.1) is 0 Å². The Morgan fingerprint density at radius 1 is 1.00 bits per heavy atom. The molecule has 1 fully saturated rings. The number of anilines is 2. The lowest BCUT2D eigenvalue weighted by atomic mass is 10.2. The Balaban J connectivity index is 1.72. The highest BCUT2D eigenvalue weighted by Gasteiger charge is 2.13. The summed E-state index contributed by atoms with van der Waals surface area (Å²) in [7, 11) is 0. The van der Waals surface area contributed by atoms with Gasteiger partial charge >= 0.3 is 0 Å². The Bertz CT molecular complexity index is 622. The smallest absolute Gasteiger partial charge is 0.256 e. The number of rotatable bonds is 3. The third-order valence-electron chi connectivity index (χ3n) is 3.86. The van der Waals surface area contributed by atoms with Crippen LogP contribution in [0.15, 0.2) is 42.7 Å². The van der Waals surface area contributed by atoms with Crippen molar-refractivity contribution in [2.24, 2.45) is 0 Å². The lowest BCUT2D eigenvalue weighted by molar-refractivity contribution is 0.102. The van der Waals surface area contributed by atoms with Gasteiger partial charge in [-0.15, -0.1) is 0 Å². The molecule has 5 heteroatoms. The van der Waals surface area contributed by atoms with E-state index in [1.165, 1.54) is 32.0 Å². The summed E-state index contributed by atoms with van der Waals surface area (Å²) in [4.78, 5) is 22.9. The number of carbonyl (C=O) groups excluding carboxylic acids is 1. The van der Waals surface area contributed by atoms with Crippen LogP contribution in [0.5, 0.6) is 0 Å². The molecule has 0 saturated carbocycles. The van der Waals surface area contributed by atoms with E-state index in [-0.39, 0.29) is 5.91 Å². The van der Waals surface area contributed by atoms with Gasteiger partial charge in [0, 0.05) is 24.7 Å². The number of nitrogens with one attached hydrogen (secondary N) is 1. The fraction of sp³-hybridized carbons (Fsp3) is 0.353. The average Bonchev–Trinajstić information content (AvgIpc) is 2.85. The minimum atomic E-state index is -0.152. The lowest BCUT2D eigenvalue weighted by Crippen LogP contribution is -2.25. The highest BCUT2D eigenvalue weighted by Crippen LogP contribution is 2.19. The number of benzene rings is 1. The zero-order valence-corrected chi connectivity index (χ0v) is 12.5. The largest absolute Gasteiger partial charge is 0.356 e. The van der Waals surface area contributed by atoms with Gasteiger partial charge in [0.05, 0.1) is 0 Å². The summed E-state index contributed by atoms with van der Waals surface area (Å²) in [6.07, 6.45) is 6.45. The maximum Gasteiger partial charge on any atom is 0.256 e. The fourth-order valence-corrected chi connectivity index (χ4v) is 2.67. The quantitative estimate of drug-likeness (QED) is 0.945. The van der Waals surface area contributed by atoms with Gasteiger partial charge in [0.2, 0.25) is 0 Å². The van der Waals surface area contributed by atoms with Crippen molar-refractivity contribution in [1.82, 2.24) is 9.97 Å². The highest BCUT2D eigenvalue weighted by atomic mass is 16.1. The second kappa shape index (κ2) is 7.02. The third kappa shape index (κ3) is 3.61. The lowest BCUT2D eigenvalue weighted by Gasteiger charge is -2.21. The fourth-order valence-electron chi connectivity index (χ4n) is 2.67. The number of aromatic nitrogens is 2. The topological polar surface area (TPSA) is 58.1 Å². The second-order valence-corrected chi connectivity index (χ2v) is 5.48. The van der Waals surface area contributed by atoms with E-state index >= 15 is 0 Å². The monoisotopic (exact) mass is 296 g/mol. The van der Waals surface area contributed by atoms with Gasteiger partial charge in [-0.2, -0.15) is 0 Å². The number of hydrogen-bond donors (Lipinski definition) is 1. The Labute approximate surface area is 130 Å². The van der Waals surface area contributed by atoms with Crippen molar-refractivity contribution in [3.8, 4) is 0 Å². The van der Waals surface area contributed by atoms with E-state index in [0.29, 0.717) is 11.4 Å². The van der Waals surface area contributed by atoms with Gasteiger partial charge in [-0.25, -0.2) is 9.97 Å². The van der Waals surface area contributed by atoms with E-state index in [0.717, 1.165) is 18.9 Å². The summed E-state index contributed by atoms with van der Waals surface area (Å²) in [5.74, 6) is 1.28. The van der Waals surface area contributed by atoms with Gasteiger partial charge in [-0.3, -0.25) is 4.79 Å². The van der Waals surface area contributed by atoms with E-state index in [1.54, 1.807) is 12.1 Å². The highest BCUT2D eigenvalue weighted by molar-refractivity contribution is 6.03. The number of hydrogen-bond acceptors (Lipinski definition) is 4. The summed E-state index contributed by atoms with van der Waals surface area (Å²) < 4.78 is 0. The van der Waals surface area contributed by atoms with Crippen molar-refractivity contribution in [3.05, 3.63) is 48.3 Å². The SMILES string of the molecule is O=C(Nc1cc(N2CCCCCC2)ncn1)c1ccccc1. The van der Waals surface area contributed by atoms with Crippen LogP contribution in [0.3, 0.4) is 0 Å². The Morgan fingerprint density at radius 3 is 2.45 bits per heavy atom. The molecule has 0 radical (unpaired) electrons. The molecule has 1 aromatic heterocycles. The minimum Gasteiger partial charge on any atom is -0.356 e. The molecule has 0 aliphatic carbocycles. The molecule has 1 aliphatic rings. The molecule has 0 unspecified atom stereocenters. The zero-order chi connectivity index (χ0) is 15.2. The number of carbonyl (C=O) groups is 1. The van der Waals surface area contributed by atoms with E-state index in [4.69, 9.17) is 0 Å². The van der Waals surface area contributed by atoms with Crippen LogP contribution >= 0.6 is 0 Å². The van der Waals surface area contributed by atoms with Gasteiger partial charge < -0.3 is 10.2 Å². The Morgan fingerprint density at radius 2 is 1.73 bits per heavy atom. The van der Waals surface area contributed by atoms with Crippen molar-refractivity contribution < 1.29 is 4.79 Å². The molecule has 114 valence electrons. The molecule has 2 heterocycles. The summed E-state index contributed by atoms with van der Waals surface area (Å²) in [6, 6.07) is 11.0. The van der Waals surface area contributed by atoms with Gasteiger partial charge in [0.1, 0.15) is 18.0 Å². The van der Waals surface area contributed by atoms with Gasteiger partial charge in [0.25, 0.3) is 5.91 Å². The third-order valence-corrected chi connectivity index (χ3v) is 3.86. The molecule has 0 bridgehead atoms. The van der Waals surface area contributed by atoms with Crippen LogP contribution in [0.2, 0.25) is 0 Å². The summed E-state index contributed by atoms with van der Waals surface area (Å²) in [6.45, 7) is 2.03. The van der Waals surface area contributed by atoms with Gasteiger partial charge in [-0.1, -0.05) is 31.0 Å².